The molecule has 0 saturated carbocycles. The average Bonchev–Trinajstić information content (AvgIpc) is 2.03. The van der Waals surface area contributed by atoms with Crippen LogP contribution in [-0.4, -0.2) is 5.91 Å². The van der Waals surface area contributed by atoms with Crippen LogP contribution in [0.1, 0.15) is 33.1 Å². The van der Waals surface area contributed by atoms with Gasteiger partial charge in [-0.05, 0) is 12.8 Å². The monoisotopic (exact) mass is 155 g/mol. The van der Waals surface area contributed by atoms with E-state index in [0.717, 1.165) is 19.3 Å². The number of hydrogen-bond donors (Lipinski definition) is 1. The highest BCUT2D eigenvalue weighted by molar-refractivity contribution is 5.76. The molecule has 0 radical (unpaired) electrons. The maximum absolute atomic E-state index is 10.5. The Morgan fingerprint density at radius 3 is 2.00 bits per heavy atom. The number of nitrogens with two attached hydrogens (primary N) is 1. The summed E-state index contributed by atoms with van der Waals surface area (Å²) in [7, 11) is 0. The lowest BCUT2D eigenvalue weighted by molar-refractivity contribution is -0.122. The van der Waals surface area contributed by atoms with Crippen molar-refractivity contribution in [3.8, 4) is 12.8 Å². The van der Waals surface area contributed by atoms with Crippen LogP contribution in [-0.2, 0) is 4.79 Å². The summed E-state index contributed by atoms with van der Waals surface area (Å²) in [4.78, 5) is 10.5. The van der Waals surface area contributed by atoms with Crippen molar-refractivity contribution in [1.29, 1.82) is 0 Å². The molecular weight excluding hydrogens is 138 g/mol. The molecule has 0 aliphatic carbocycles. The number of amides is 1. The first-order valence-corrected chi connectivity index (χ1v) is 3.85. The lowest BCUT2D eigenvalue weighted by atomic mass is 10.0. The fourth-order valence-electron chi connectivity index (χ4n) is 0.896. The summed E-state index contributed by atoms with van der Waals surface area (Å²) in [6.07, 6.45) is 10.9. The van der Waals surface area contributed by atoms with Gasteiger partial charge in [0.25, 0.3) is 0 Å². The van der Waals surface area contributed by atoms with Crippen LogP contribution in [0.5, 0.6) is 0 Å². The van der Waals surface area contributed by atoms with Gasteiger partial charge >= 0.3 is 0 Å². The zero-order valence-electron chi connectivity index (χ0n) is 7.34. The molecule has 0 spiro atoms. The largest absolute Gasteiger partial charge is 0.369 e. The zero-order valence-corrected chi connectivity index (χ0v) is 7.34. The van der Waals surface area contributed by atoms with Crippen LogP contribution in [0, 0.1) is 18.8 Å². The maximum Gasteiger partial charge on any atom is 0.220 e. The van der Waals surface area contributed by atoms with Gasteiger partial charge in [-0.1, -0.05) is 20.3 Å². The lowest BCUT2D eigenvalue weighted by Gasteiger charge is -2.06. The second kappa shape index (κ2) is 9.03. The van der Waals surface area contributed by atoms with Gasteiger partial charge in [0, 0.05) is 5.92 Å². The second-order valence-corrected chi connectivity index (χ2v) is 2.30. The molecule has 0 saturated heterocycles. The number of primary amides is 1. The molecule has 0 heterocycles. The van der Waals surface area contributed by atoms with Gasteiger partial charge in [-0.2, -0.15) is 0 Å². The molecule has 0 aliphatic heterocycles. The molecule has 1 amide bonds. The predicted octanol–water partition coefficient (Wildman–Crippen LogP) is 1.55. The molecule has 2 N–H and O–H groups in total. The van der Waals surface area contributed by atoms with E-state index in [9.17, 15) is 4.79 Å². The van der Waals surface area contributed by atoms with E-state index < -0.39 is 0 Å². The van der Waals surface area contributed by atoms with Crippen LogP contribution in [0.2, 0.25) is 0 Å². The third kappa shape index (κ3) is 6.92. The van der Waals surface area contributed by atoms with Crippen molar-refractivity contribution in [2.45, 2.75) is 33.1 Å². The van der Waals surface area contributed by atoms with Crippen LogP contribution in [0.4, 0.5) is 0 Å². The van der Waals surface area contributed by atoms with Crippen LogP contribution in [0.25, 0.3) is 0 Å². The van der Waals surface area contributed by atoms with E-state index in [1.807, 2.05) is 6.92 Å². The van der Waals surface area contributed by atoms with Crippen molar-refractivity contribution in [3.05, 3.63) is 0 Å². The molecule has 2 nitrogen and oxygen atoms in total. The molecule has 1 unspecified atom stereocenters. The topological polar surface area (TPSA) is 43.1 Å². The van der Waals surface area contributed by atoms with Gasteiger partial charge in [0.2, 0.25) is 5.91 Å². The smallest absolute Gasteiger partial charge is 0.220 e. The first-order valence-electron chi connectivity index (χ1n) is 3.85. The molecule has 0 aliphatic rings. The summed E-state index contributed by atoms with van der Waals surface area (Å²) >= 11 is 0. The van der Waals surface area contributed by atoms with E-state index in [1.54, 1.807) is 0 Å². The van der Waals surface area contributed by atoms with E-state index in [2.05, 4.69) is 19.8 Å². The molecule has 0 aromatic carbocycles. The van der Waals surface area contributed by atoms with E-state index in [0.29, 0.717) is 0 Å². The molecule has 64 valence electrons. The first-order chi connectivity index (χ1) is 5.22. The standard InChI is InChI=1S/C7H15NO.C2H2/c1-3-5-6(4-2)7(8)9;1-2/h6H,3-5H2,1-2H3,(H2,8,9);1-2H. The molecule has 0 rings (SSSR count). The fraction of sp³-hybridized carbons (Fsp3) is 0.667. The molecule has 0 aromatic rings. The van der Waals surface area contributed by atoms with Crippen LogP contribution >= 0.6 is 0 Å². The Hall–Kier alpha value is -0.970. The summed E-state index contributed by atoms with van der Waals surface area (Å²) in [5.41, 5.74) is 5.09. The number of terminal acetylenes is 1. The molecule has 0 fully saturated rings. The molecule has 0 aromatic heterocycles. The van der Waals surface area contributed by atoms with Crippen molar-refractivity contribution in [1.82, 2.24) is 0 Å². The molecule has 2 heteroatoms. The third-order valence-electron chi connectivity index (χ3n) is 1.53. The number of rotatable bonds is 4. The van der Waals surface area contributed by atoms with Gasteiger partial charge in [-0.3, -0.25) is 4.79 Å². The van der Waals surface area contributed by atoms with E-state index in [-0.39, 0.29) is 11.8 Å². The summed E-state index contributed by atoms with van der Waals surface area (Å²) in [5.74, 6) is -0.0469. The molecular formula is C9H17NO. The zero-order chi connectivity index (χ0) is 9.28. The summed E-state index contributed by atoms with van der Waals surface area (Å²) < 4.78 is 0. The summed E-state index contributed by atoms with van der Waals surface area (Å²) in [6.45, 7) is 4.05. The Labute approximate surface area is 69.2 Å². The highest BCUT2D eigenvalue weighted by Crippen LogP contribution is 2.08. The Morgan fingerprint density at radius 1 is 1.45 bits per heavy atom. The highest BCUT2D eigenvalue weighted by atomic mass is 16.1. The quantitative estimate of drug-likeness (QED) is 0.615. The van der Waals surface area contributed by atoms with Crippen molar-refractivity contribution in [2.24, 2.45) is 11.7 Å². The molecule has 0 bridgehead atoms. The van der Waals surface area contributed by atoms with E-state index in [1.165, 1.54) is 0 Å². The Morgan fingerprint density at radius 2 is 1.91 bits per heavy atom. The average molecular weight is 155 g/mol. The van der Waals surface area contributed by atoms with Crippen molar-refractivity contribution >= 4 is 5.91 Å². The van der Waals surface area contributed by atoms with Gasteiger partial charge in [-0.25, -0.2) is 0 Å². The first kappa shape index (κ1) is 12.7. The lowest BCUT2D eigenvalue weighted by Crippen LogP contribution is -2.22. The van der Waals surface area contributed by atoms with Gasteiger partial charge in [-0.15, -0.1) is 12.8 Å². The SMILES string of the molecule is C#C.CCCC(CC)C(N)=O. The van der Waals surface area contributed by atoms with Crippen LogP contribution in [0.3, 0.4) is 0 Å². The molecule has 11 heavy (non-hydrogen) atoms. The molecule has 1 atom stereocenters. The minimum Gasteiger partial charge on any atom is -0.369 e. The fourth-order valence-corrected chi connectivity index (χ4v) is 0.896. The number of carbonyl (C=O) groups excluding carboxylic acids is 1. The van der Waals surface area contributed by atoms with Crippen LogP contribution < -0.4 is 5.73 Å². The Kier molecular flexibility index (Phi) is 10.4. The van der Waals surface area contributed by atoms with Crippen molar-refractivity contribution in [3.63, 3.8) is 0 Å². The maximum atomic E-state index is 10.5. The minimum absolute atomic E-state index is 0.106. The van der Waals surface area contributed by atoms with Gasteiger partial charge in [0.05, 0.1) is 0 Å². The third-order valence-corrected chi connectivity index (χ3v) is 1.53. The van der Waals surface area contributed by atoms with Gasteiger partial charge in [0.15, 0.2) is 0 Å². The highest BCUT2D eigenvalue weighted by Gasteiger charge is 2.09. The van der Waals surface area contributed by atoms with Crippen LogP contribution in [0.15, 0.2) is 0 Å². The van der Waals surface area contributed by atoms with Gasteiger partial charge < -0.3 is 5.73 Å². The Bertz CT molecular complexity index is 118. The van der Waals surface area contributed by atoms with E-state index in [4.69, 9.17) is 5.73 Å². The number of carbonyl (C=O) groups is 1. The van der Waals surface area contributed by atoms with Crippen molar-refractivity contribution < 1.29 is 4.79 Å². The van der Waals surface area contributed by atoms with Crippen molar-refractivity contribution in [2.75, 3.05) is 0 Å². The minimum atomic E-state index is -0.153. The number of hydrogen-bond acceptors (Lipinski definition) is 1. The summed E-state index contributed by atoms with van der Waals surface area (Å²) in [5, 5.41) is 0. The normalized spacial score (nSPS) is 10.9. The second-order valence-electron chi connectivity index (χ2n) is 2.30. The Balaban J connectivity index is 0. The summed E-state index contributed by atoms with van der Waals surface area (Å²) in [6, 6.07) is 0. The predicted molar refractivity (Wildman–Crippen MR) is 47.8 cm³/mol. The van der Waals surface area contributed by atoms with E-state index >= 15 is 0 Å². The van der Waals surface area contributed by atoms with Gasteiger partial charge in [0.1, 0.15) is 0 Å².